The topological polar surface area (TPSA) is 49.2 Å². The molecule has 5 heteroatoms. The Morgan fingerprint density at radius 1 is 1.75 bits per heavy atom. The maximum atomic E-state index is 9.25. The van der Waals surface area contributed by atoms with Gasteiger partial charge in [-0.1, -0.05) is 4.49 Å². The van der Waals surface area contributed by atoms with Crippen molar-refractivity contribution in [2.75, 3.05) is 13.1 Å². The first-order valence-electron chi connectivity index (χ1n) is 4.01. The van der Waals surface area contributed by atoms with Crippen molar-refractivity contribution < 1.29 is 5.11 Å². The van der Waals surface area contributed by atoms with Gasteiger partial charge >= 0.3 is 0 Å². The first-order chi connectivity index (χ1) is 5.84. The molecule has 1 aliphatic heterocycles. The van der Waals surface area contributed by atoms with Crippen LogP contribution in [0.2, 0.25) is 0 Å². The number of likely N-dealkylation sites (tertiary alicyclic amines) is 1. The van der Waals surface area contributed by atoms with E-state index in [1.807, 2.05) is 5.38 Å². The van der Waals surface area contributed by atoms with Gasteiger partial charge in [0, 0.05) is 25.0 Å². The second kappa shape index (κ2) is 3.47. The molecular weight excluding hydrogens is 174 g/mol. The third-order valence-corrected chi connectivity index (χ3v) is 2.59. The second-order valence-electron chi connectivity index (χ2n) is 3.07. The molecule has 0 unspecified atom stereocenters. The molecule has 1 aromatic rings. The Labute approximate surface area is 75.0 Å². The molecule has 1 atom stereocenters. The summed E-state index contributed by atoms with van der Waals surface area (Å²) in [5.74, 6) is 0. The molecule has 0 spiro atoms. The maximum absolute atomic E-state index is 9.25. The highest BCUT2D eigenvalue weighted by Gasteiger charge is 2.20. The van der Waals surface area contributed by atoms with Gasteiger partial charge in [0.25, 0.3) is 0 Å². The van der Waals surface area contributed by atoms with E-state index in [0.717, 1.165) is 31.7 Å². The van der Waals surface area contributed by atoms with Crippen LogP contribution < -0.4 is 0 Å². The Morgan fingerprint density at radius 2 is 2.67 bits per heavy atom. The number of aromatic nitrogens is 2. The molecule has 1 aliphatic rings. The van der Waals surface area contributed by atoms with Crippen molar-refractivity contribution in [2.24, 2.45) is 0 Å². The molecule has 0 radical (unpaired) electrons. The highest BCUT2D eigenvalue weighted by molar-refractivity contribution is 7.03. The first kappa shape index (κ1) is 8.10. The molecule has 1 N–H and O–H groups in total. The largest absolute Gasteiger partial charge is 0.392 e. The van der Waals surface area contributed by atoms with Gasteiger partial charge in [0.05, 0.1) is 11.8 Å². The molecule has 1 aromatic heterocycles. The molecule has 0 saturated carbocycles. The normalized spacial score (nSPS) is 24.9. The van der Waals surface area contributed by atoms with Crippen LogP contribution in [0, 0.1) is 0 Å². The Morgan fingerprint density at radius 3 is 3.25 bits per heavy atom. The van der Waals surface area contributed by atoms with Crippen LogP contribution in [0.4, 0.5) is 0 Å². The minimum Gasteiger partial charge on any atom is -0.392 e. The van der Waals surface area contributed by atoms with Gasteiger partial charge in [-0.25, -0.2) is 0 Å². The smallest absolute Gasteiger partial charge is 0.0895 e. The van der Waals surface area contributed by atoms with Crippen molar-refractivity contribution in [2.45, 2.75) is 19.1 Å². The number of aliphatic hydroxyl groups excluding tert-OH is 1. The molecule has 0 aromatic carbocycles. The maximum Gasteiger partial charge on any atom is 0.0895 e. The third-order valence-electron chi connectivity index (χ3n) is 2.04. The van der Waals surface area contributed by atoms with Crippen LogP contribution in [0.25, 0.3) is 0 Å². The Hall–Kier alpha value is -0.520. The molecule has 2 rings (SSSR count). The van der Waals surface area contributed by atoms with E-state index in [2.05, 4.69) is 14.5 Å². The first-order valence-corrected chi connectivity index (χ1v) is 4.84. The van der Waals surface area contributed by atoms with Gasteiger partial charge < -0.3 is 5.11 Å². The van der Waals surface area contributed by atoms with Crippen molar-refractivity contribution in [1.82, 2.24) is 14.5 Å². The highest BCUT2D eigenvalue weighted by atomic mass is 32.1. The van der Waals surface area contributed by atoms with Crippen molar-refractivity contribution in [3.05, 3.63) is 11.1 Å². The van der Waals surface area contributed by atoms with Gasteiger partial charge in [0.2, 0.25) is 0 Å². The molecule has 0 aliphatic carbocycles. The van der Waals surface area contributed by atoms with Crippen molar-refractivity contribution in [3.63, 3.8) is 0 Å². The van der Waals surface area contributed by atoms with Crippen LogP contribution in [0.1, 0.15) is 12.1 Å². The van der Waals surface area contributed by atoms with E-state index in [9.17, 15) is 5.11 Å². The predicted molar refractivity (Wildman–Crippen MR) is 45.8 cm³/mol. The lowest BCUT2D eigenvalue weighted by atomic mass is 10.3. The SMILES string of the molecule is O[C@H]1CCN(Cc2csnn2)C1. The van der Waals surface area contributed by atoms with Crippen LogP contribution >= 0.6 is 11.5 Å². The Balaban J connectivity index is 1.88. The molecule has 4 nitrogen and oxygen atoms in total. The van der Waals surface area contributed by atoms with Crippen LogP contribution in [0.15, 0.2) is 5.38 Å². The molecule has 12 heavy (non-hydrogen) atoms. The number of hydrogen-bond acceptors (Lipinski definition) is 5. The van der Waals surface area contributed by atoms with Gasteiger partial charge in [-0.15, -0.1) is 5.10 Å². The van der Waals surface area contributed by atoms with E-state index in [0.29, 0.717) is 0 Å². The molecular formula is C7H11N3OS. The Bertz CT molecular complexity index is 239. The summed E-state index contributed by atoms with van der Waals surface area (Å²) in [6.45, 7) is 2.57. The second-order valence-corrected chi connectivity index (χ2v) is 3.68. The third kappa shape index (κ3) is 1.80. The van der Waals surface area contributed by atoms with Gasteiger partial charge in [-0.2, -0.15) is 0 Å². The van der Waals surface area contributed by atoms with E-state index in [1.165, 1.54) is 11.5 Å². The number of β-amino-alcohol motifs (C(OH)–C–C–N with tert-alkyl or cyclic N) is 1. The summed E-state index contributed by atoms with van der Waals surface area (Å²) in [6.07, 6.45) is 0.744. The predicted octanol–water partition coefficient (Wildman–Crippen LogP) is 0.105. The number of aliphatic hydroxyl groups is 1. The quantitative estimate of drug-likeness (QED) is 0.710. The van der Waals surface area contributed by atoms with Crippen LogP contribution in [0.5, 0.6) is 0 Å². The summed E-state index contributed by atoms with van der Waals surface area (Å²) >= 11 is 1.37. The fourth-order valence-electron chi connectivity index (χ4n) is 1.44. The number of hydrogen-bond donors (Lipinski definition) is 1. The lowest BCUT2D eigenvalue weighted by molar-refractivity contribution is 0.174. The van der Waals surface area contributed by atoms with Crippen LogP contribution in [-0.2, 0) is 6.54 Å². The monoisotopic (exact) mass is 185 g/mol. The molecule has 1 fully saturated rings. The number of nitrogens with zero attached hydrogens (tertiary/aromatic N) is 3. The summed E-state index contributed by atoms with van der Waals surface area (Å²) in [5, 5.41) is 15.2. The van der Waals surface area contributed by atoms with E-state index in [1.54, 1.807) is 0 Å². The minimum absolute atomic E-state index is 0.142. The summed E-state index contributed by atoms with van der Waals surface area (Å²) < 4.78 is 3.79. The zero-order valence-electron chi connectivity index (χ0n) is 6.68. The lowest BCUT2D eigenvalue weighted by Crippen LogP contribution is -2.21. The average Bonchev–Trinajstić information content (AvgIpc) is 2.63. The van der Waals surface area contributed by atoms with Gasteiger partial charge in [-0.3, -0.25) is 4.90 Å². The number of rotatable bonds is 2. The van der Waals surface area contributed by atoms with Crippen molar-refractivity contribution in [3.8, 4) is 0 Å². The fourth-order valence-corrected chi connectivity index (χ4v) is 1.88. The molecule has 1 saturated heterocycles. The highest BCUT2D eigenvalue weighted by Crippen LogP contribution is 2.12. The van der Waals surface area contributed by atoms with Crippen LogP contribution in [0.3, 0.4) is 0 Å². The summed E-state index contributed by atoms with van der Waals surface area (Å²) in [6, 6.07) is 0. The summed E-state index contributed by atoms with van der Waals surface area (Å²) in [7, 11) is 0. The molecule has 0 amide bonds. The fraction of sp³-hybridized carbons (Fsp3) is 0.714. The average molecular weight is 185 g/mol. The zero-order valence-corrected chi connectivity index (χ0v) is 7.50. The standard InChI is InChI=1S/C7H11N3OS/c11-7-1-2-10(4-7)3-6-5-12-9-8-6/h5,7,11H,1-4H2/t7-/m0/s1. The van der Waals surface area contributed by atoms with Crippen molar-refractivity contribution >= 4 is 11.5 Å². The lowest BCUT2D eigenvalue weighted by Gasteiger charge is -2.11. The van der Waals surface area contributed by atoms with Gasteiger partial charge in [0.1, 0.15) is 0 Å². The minimum atomic E-state index is -0.142. The van der Waals surface area contributed by atoms with E-state index < -0.39 is 0 Å². The van der Waals surface area contributed by atoms with E-state index in [-0.39, 0.29) is 6.10 Å². The molecule has 0 bridgehead atoms. The van der Waals surface area contributed by atoms with E-state index >= 15 is 0 Å². The molecule has 66 valence electrons. The van der Waals surface area contributed by atoms with Gasteiger partial charge in [0.15, 0.2) is 0 Å². The van der Waals surface area contributed by atoms with E-state index in [4.69, 9.17) is 0 Å². The van der Waals surface area contributed by atoms with Gasteiger partial charge in [-0.05, 0) is 18.0 Å². The van der Waals surface area contributed by atoms with Crippen LogP contribution in [-0.4, -0.2) is 38.8 Å². The Kier molecular flexibility index (Phi) is 2.34. The summed E-state index contributed by atoms with van der Waals surface area (Å²) in [5.41, 5.74) is 1.01. The molecule has 2 heterocycles. The van der Waals surface area contributed by atoms with Crippen molar-refractivity contribution in [1.29, 1.82) is 0 Å². The zero-order chi connectivity index (χ0) is 8.39. The summed E-state index contributed by atoms with van der Waals surface area (Å²) in [4.78, 5) is 2.20.